The molecular weight excluding hydrogens is 380 g/mol. The predicted octanol–water partition coefficient (Wildman–Crippen LogP) is 6.81. The second-order valence-corrected chi connectivity index (χ2v) is 13.6. The van der Waals surface area contributed by atoms with Crippen molar-refractivity contribution in [3.05, 3.63) is 12.2 Å². The van der Waals surface area contributed by atoms with E-state index in [2.05, 4.69) is 41.2 Å². The van der Waals surface area contributed by atoms with Gasteiger partial charge in [0.2, 0.25) is 0 Å². The lowest BCUT2D eigenvalue weighted by atomic mass is 9.33. The van der Waals surface area contributed by atoms with Gasteiger partial charge in [-0.15, -0.1) is 0 Å². The summed E-state index contributed by atoms with van der Waals surface area (Å²) in [5.74, 6) is 3.56. The fourth-order valence-corrected chi connectivity index (χ4v) is 11.0. The monoisotopic (exact) mass is 426 g/mol. The van der Waals surface area contributed by atoms with E-state index < -0.39 is 0 Å². The van der Waals surface area contributed by atoms with Gasteiger partial charge in [-0.1, -0.05) is 39.8 Å². The van der Waals surface area contributed by atoms with Gasteiger partial charge in [0.1, 0.15) is 6.29 Å². The minimum atomic E-state index is -0.105. The van der Waals surface area contributed by atoms with Crippen molar-refractivity contribution in [3.8, 4) is 0 Å². The number of aliphatic hydroxyl groups excluding tert-OH is 1. The van der Waals surface area contributed by atoms with Gasteiger partial charge in [0.05, 0.1) is 6.10 Å². The van der Waals surface area contributed by atoms with Crippen LogP contribution in [-0.2, 0) is 4.79 Å². The van der Waals surface area contributed by atoms with Gasteiger partial charge >= 0.3 is 0 Å². The lowest BCUT2D eigenvalue weighted by molar-refractivity contribution is -0.232. The van der Waals surface area contributed by atoms with Gasteiger partial charge in [-0.3, -0.25) is 0 Å². The fraction of sp³-hybridized carbons (Fsp3) is 0.897. The molecule has 0 aromatic heterocycles. The first-order valence-corrected chi connectivity index (χ1v) is 13.3. The van der Waals surface area contributed by atoms with E-state index in [0.29, 0.717) is 45.8 Å². The minimum Gasteiger partial charge on any atom is -0.393 e. The number of aldehydes is 1. The Kier molecular flexibility index (Phi) is 4.96. The highest BCUT2D eigenvalue weighted by atomic mass is 16.3. The molecule has 2 nitrogen and oxygen atoms in total. The molecule has 0 amide bonds. The Hall–Kier alpha value is -0.630. The van der Waals surface area contributed by atoms with Crippen molar-refractivity contribution in [1.82, 2.24) is 0 Å². The topological polar surface area (TPSA) is 37.3 Å². The van der Waals surface area contributed by atoms with Crippen LogP contribution in [0.2, 0.25) is 0 Å². The number of rotatable bonds is 2. The molecular formula is C29H46O2. The van der Waals surface area contributed by atoms with E-state index in [4.69, 9.17) is 0 Å². The summed E-state index contributed by atoms with van der Waals surface area (Å²) in [5.41, 5.74) is 2.26. The van der Waals surface area contributed by atoms with Crippen molar-refractivity contribution < 1.29 is 9.90 Å². The number of allylic oxidation sites excluding steroid dienone is 1. The molecule has 0 saturated heterocycles. The average molecular weight is 427 g/mol. The molecule has 31 heavy (non-hydrogen) atoms. The summed E-state index contributed by atoms with van der Waals surface area (Å²) >= 11 is 0. The van der Waals surface area contributed by atoms with Crippen LogP contribution in [0.15, 0.2) is 12.2 Å². The molecule has 0 aromatic rings. The zero-order valence-corrected chi connectivity index (χ0v) is 20.8. The summed E-state index contributed by atoms with van der Waals surface area (Å²) in [4.78, 5) is 12.5. The maximum Gasteiger partial charge on any atom is 0.126 e. The Morgan fingerprint density at radius 3 is 2.32 bits per heavy atom. The smallest absolute Gasteiger partial charge is 0.126 e. The van der Waals surface area contributed by atoms with E-state index in [1.807, 2.05) is 0 Å². The minimum absolute atomic E-state index is 0.0818. The molecule has 2 heteroatoms. The highest BCUT2D eigenvalue weighted by molar-refractivity contribution is 5.62. The first-order valence-electron chi connectivity index (χ1n) is 13.3. The molecule has 5 saturated carbocycles. The molecule has 0 radical (unpaired) electrons. The predicted molar refractivity (Wildman–Crippen MR) is 126 cm³/mol. The molecule has 5 aliphatic carbocycles. The van der Waals surface area contributed by atoms with Crippen molar-refractivity contribution in [2.45, 2.75) is 105 Å². The van der Waals surface area contributed by atoms with E-state index in [1.54, 1.807) is 0 Å². The number of carbonyl (C=O) groups is 1. The normalized spacial score (nSPS) is 58.5. The quantitative estimate of drug-likeness (QED) is 0.389. The highest BCUT2D eigenvalue weighted by Gasteiger charge is 2.69. The largest absolute Gasteiger partial charge is 0.393 e. The maximum absolute atomic E-state index is 12.5. The van der Waals surface area contributed by atoms with Crippen molar-refractivity contribution in [1.29, 1.82) is 0 Å². The van der Waals surface area contributed by atoms with E-state index >= 15 is 0 Å². The summed E-state index contributed by atoms with van der Waals surface area (Å²) in [7, 11) is 0. The van der Waals surface area contributed by atoms with Gasteiger partial charge in [-0.05, 0) is 123 Å². The maximum atomic E-state index is 12.5. The van der Waals surface area contributed by atoms with Crippen LogP contribution in [-0.4, -0.2) is 17.5 Å². The van der Waals surface area contributed by atoms with E-state index in [-0.39, 0.29) is 11.5 Å². The van der Waals surface area contributed by atoms with Crippen LogP contribution in [0.5, 0.6) is 0 Å². The van der Waals surface area contributed by atoms with Gasteiger partial charge in [-0.2, -0.15) is 0 Å². The summed E-state index contributed by atoms with van der Waals surface area (Å²) in [6, 6.07) is 0. The van der Waals surface area contributed by atoms with Crippen molar-refractivity contribution in [2.24, 2.45) is 57.2 Å². The number of carbonyl (C=O) groups excluding carboxylic acids is 1. The Morgan fingerprint density at radius 1 is 0.903 bits per heavy atom. The van der Waals surface area contributed by atoms with Gasteiger partial charge in [0.25, 0.3) is 0 Å². The lowest BCUT2D eigenvalue weighted by Crippen LogP contribution is -2.65. The second kappa shape index (κ2) is 6.94. The van der Waals surface area contributed by atoms with Crippen LogP contribution in [0.1, 0.15) is 98.8 Å². The van der Waals surface area contributed by atoms with E-state index in [1.165, 1.54) is 56.8 Å². The number of aliphatic hydroxyl groups is 1. The number of fused-ring (bicyclic) bond motifs is 7. The molecule has 5 aliphatic rings. The molecule has 0 spiro atoms. The Morgan fingerprint density at radius 2 is 1.65 bits per heavy atom. The van der Waals surface area contributed by atoms with E-state index in [9.17, 15) is 9.90 Å². The third-order valence-corrected chi connectivity index (χ3v) is 12.9. The molecule has 0 aromatic carbocycles. The van der Waals surface area contributed by atoms with Gasteiger partial charge in [-0.25, -0.2) is 0 Å². The van der Waals surface area contributed by atoms with Crippen LogP contribution in [0.3, 0.4) is 0 Å². The molecule has 0 aliphatic heterocycles. The van der Waals surface area contributed by atoms with Crippen molar-refractivity contribution in [2.75, 3.05) is 0 Å². The summed E-state index contributed by atoms with van der Waals surface area (Å²) in [6.45, 7) is 16.8. The van der Waals surface area contributed by atoms with Crippen LogP contribution >= 0.6 is 0 Å². The van der Waals surface area contributed by atoms with Gasteiger partial charge in [0, 0.05) is 5.41 Å². The summed E-state index contributed by atoms with van der Waals surface area (Å²) in [6.07, 6.45) is 13.2. The lowest BCUT2D eigenvalue weighted by Gasteiger charge is -2.71. The third-order valence-electron chi connectivity index (χ3n) is 12.9. The van der Waals surface area contributed by atoms with Crippen molar-refractivity contribution >= 4 is 6.29 Å². The first kappa shape index (κ1) is 22.2. The number of hydrogen-bond donors (Lipinski definition) is 1. The summed E-state index contributed by atoms with van der Waals surface area (Å²) < 4.78 is 0. The van der Waals surface area contributed by atoms with Gasteiger partial charge in [0.15, 0.2) is 0 Å². The van der Waals surface area contributed by atoms with Crippen LogP contribution < -0.4 is 0 Å². The SMILES string of the molecule is C=C(C)[C@H]1CC[C@]2(C=O)CC[C@]3(C)C(CCC4[C@@]5(C)CC[C@H](O)[C@H](C)C5CC[C@]43C)C12. The standard InChI is InChI=1S/C29H46O2/c1-18(2)20-9-14-29(17-30)16-15-27(5)22(25(20)29)7-8-24-26(4)12-11-23(31)19(3)21(26)10-13-28(24,27)6/h17,19-25,31H,1,7-16H2,2-6H3/t19-,20-,21?,22?,23+,24?,25?,26+,27-,28-,29-/m1/s1. The number of hydrogen-bond acceptors (Lipinski definition) is 2. The first-order chi connectivity index (χ1) is 14.5. The second-order valence-electron chi connectivity index (χ2n) is 13.6. The van der Waals surface area contributed by atoms with E-state index in [0.717, 1.165) is 25.2 Å². The Labute approximate surface area is 190 Å². The molecule has 4 unspecified atom stereocenters. The highest BCUT2D eigenvalue weighted by Crippen LogP contribution is 2.76. The molecule has 1 N–H and O–H groups in total. The van der Waals surface area contributed by atoms with Crippen LogP contribution in [0, 0.1) is 57.2 Å². The molecule has 5 fully saturated rings. The zero-order valence-electron chi connectivity index (χ0n) is 20.8. The molecule has 0 bridgehead atoms. The van der Waals surface area contributed by atoms with Crippen LogP contribution in [0.4, 0.5) is 0 Å². The van der Waals surface area contributed by atoms with Crippen molar-refractivity contribution in [3.63, 3.8) is 0 Å². The van der Waals surface area contributed by atoms with Crippen LogP contribution in [0.25, 0.3) is 0 Å². The van der Waals surface area contributed by atoms with Gasteiger partial charge < -0.3 is 9.90 Å². The summed E-state index contributed by atoms with van der Waals surface area (Å²) in [5, 5.41) is 10.6. The molecule has 174 valence electrons. The molecule has 11 atom stereocenters. The molecule has 5 rings (SSSR count). The molecule has 0 heterocycles. The Bertz CT molecular complexity index is 773. The Balaban J connectivity index is 1.55. The fourth-order valence-electron chi connectivity index (χ4n) is 11.0. The third kappa shape index (κ3) is 2.64. The average Bonchev–Trinajstić information content (AvgIpc) is 3.12. The zero-order chi connectivity index (χ0) is 22.4.